The second-order valence-corrected chi connectivity index (χ2v) is 14.5. The van der Waals surface area contributed by atoms with Crippen LogP contribution >= 0.6 is 0 Å². The molecule has 0 atom stereocenters. The molecule has 3 heteroatoms. The molecule has 0 saturated carbocycles. The third-order valence-corrected chi connectivity index (χ3v) is 11.2. The van der Waals surface area contributed by atoms with Crippen LogP contribution in [0, 0.1) is 0 Å². The summed E-state index contributed by atoms with van der Waals surface area (Å²) in [5, 5.41) is 4.43. The molecule has 0 aliphatic carbocycles. The number of rotatable bonds is 7. The Morgan fingerprint density at radius 2 is 0.895 bits per heavy atom. The van der Waals surface area contributed by atoms with E-state index in [2.05, 4.69) is 228 Å². The van der Waals surface area contributed by atoms with Crippen molar-refractivity contribution in [3.8, 4) is 39.1 Å². The molecule has 0 spiro atoms. The van der Waals surface area contributed by atoms with E-state index < -0.39 is 0 Å². The molecule has 0 aliphatic heterocycles. The number of benzene rings is 9. The Morgan fingerprint density at radius 3 is 1.54 bits per heavy atom. The highest BCUT2D eigenvalue weighted by Gasteiger charge is 2.23. The van der Waals surface area contributed by atoms with Crippen LogP contribution in [-0.4, -0.2) is 4.57 Å². The van der Waals surface area contributed by atoms with Gasteiger partial charge in [0.15, 0.2) is 0 Å². The monoisotopic (exact) mass is 728 g/mol. The molecule has 57 heavy (non-hydrogen) atoms. The lowest BCUT2D eigenvalue weighted by Crippen LogP contribution is -2.10. The highest BCUT2D eigenvalue weighted by atomic mass is 16.3. The maximum atomic E-state index is 7.01. The van der Waals surface area contributed by atoms with Gasteiger partial charge in [-0.05, 0) is 106 Å². The molecule has 11 aromatic rings. The number of nitrogens with zero attached hydrogens (tertiary/aromatic N) is 2. The van der Waals surface area contributed by atoms with Crippen LogP contribution in [0.3, 0.4) is 0 Å². The first-order chi connectivity index (χ1) is 28.3. The molecule has 0 radical (unpaired) electrons. The summed E-state index contributed by atoms with van der Waals surface area (Å²) in [4.78, 5) is 2.35. The maximum Gasteiger partial charge on any atom is 0.145 e. The number of aromatic nitrogens is 1. The van der Waals surface area contributed by atoms with Gasteiger partial charge in [0.05, 0.1) is 27.5 Å². The zero-order chi connectivity index (χ0) is 37.7. The van der Waals surface area contributed by atoms with E-state index >= 15 is 0 Å². The number of para-hydroxylation sites is 2. The van der Waals surface area contributed by atoms with Gasteiger partial charge in [-0.2, -0.15) is 0 Å². The van der Waals surface area contributed by atoms with E-state index in [-0.39, 0.29) is 0 Å². The Hall–Kier alpha value is -7.62. The SMILES string of the molecule is c1ccc(-c2ccc(N(c3ccccc3)c3cccc4oc5c(ccc6c5c5ccccc5n6-c5cc(-c6ccccc6)cc(-c6ccccc6)c5)c34)cc2)cc1. The highest BCUT2D eigenvalue weighted by Crippen LogP contribution is 2.46. The van der Waals surface area contributed by atoms with E-state index in [4.69, 9.17) is 4.42 Å². The fraction of sp³-hybridized carbons (Fsp3) is 0. The lowest BCUT2D eigenvalue weighted by Gasteiger charge is -2.26. The second kappa shape index (κ2) is 13.6. The molecular weight excluding hydrogens is 693 g/mol. The van der Waals surface area contributed by atoms with E-state index in [9.17, 15) is 0 Å². The minimum Gasteiger partial charge on any atom is -0.455 e. The first kappa shape index (κ1) is 32.8. The summed E-state index contributed by atoms with van der Waals surface area (Å²) in [5.74, 6) is 0. The Kier molecular flexibility index (Phi) is 7.82. The molecule has 0 unspecified atom stereocenters. The van der Waals surface area contributed by atoms with Crippen molar-refractivity contribution >= 4 is 60.8 Å². The highest BCUT2D eigenvalue weighted by molar-refractivity contribution is 6.26. The maximum absolute atomic E-state index is 7.01. The number of furan rings is 1. The van der Waals surface area contributed by atoms with Crippen LogP contribution in [0.5, 0.6) is 0 Å². The predicted octanol–water partition coefficient (Wildman–Crippen LogP) is 15.2. The van der Waals surface area contributed by atoms with E-state index in [1.165, 1.54) is 33.4 Å². The van der Waals surface area contributed by atoms with Gasteiger partial charge in [-0.15, -0.1) is 0 Å². The summed E-state index contributed by atoms with van der Waals surface area (Å²) in [7, 11) is 0. The van der Waals surface area contributed by atoms with Crippen molar-refractivity contribution in [3.05, 3.63) is 218 Å². The quantitative estimate of drug-likeness (QED) is 0.163. The summed E-state index contributed by atoms with van der Waals surface area (Å²) in [6.45, 7) is 0. The van der Waals surface area contributed by atoms with E-state index in [1.807, 2.05) is 0 Å². The Bertz CT molecular complexity index is 3140. The fourth-order valence-electron chi connectivity index (χ4n) is 8.55. The van der Waals surface area contributed by atoms with Crippen LogP contribution in [0.2, 0.25) is 0 Å². The second-order valence-electron chi connectivity index (χ2n) is 14.5. The van der Waals surface area contributed by atoms with Crippen LogP contribution in [-0.2, 0) is 0 Å². The van der Waals surface area contributed by atoms with E-state index in [1.54, 1.807) is 0 Å². The molecule has 9 aromatic carbocycles. The molecule has 0 amide bonds. The van der Waals surface area contributed by atoms with Gasteiger partial charge in [-0.1, -0.05) is 146 Å². The predicted molar refractivity (Wildman–Crippen MR) is 239 cm³/mol. The van der Waals surface area contributed by atoms with Gasteiger partial charge in [-0.3, -0.25) is 0 Å². The molecule has 11 rings (SSSR count). The summed E-state index contributed by atoms with van der Waals surface area (Å²) in [6, 6.07) is 77.9. The van der Waals surface area contributed by atoms with Crippen molar-refractivity contribution in [3.63, 3.8) is 0 Å². The van der Waals surface area contributed by atoms with Crippen molar-refractivity contribution in [2.75, 3.05) is 4.90 Å². The van der Waals surface area contributed by atoms with E-state index in [0.717, 1.165) is 66.5 Å². The van der Waals surface area contributed by atoms with Crippen molar-refractivity contribution in [1.82, 2.24) is 4.57 Å². The van der Waals surface area contributed by atoms with Crippen LogP contribution in [0.4, 0.5) is 17.1 Å². The smallest absolute Gasteiger partial charge is 0.145 e. The van der Waals surface area contributed by atoms with Gasteiger partial charge < -0.3 is 13.9 Å². The van der Waals surface area contributed by atoms with Crippen LogP contribution in [0.1, 0.15) is 0 Å². The van der Waals surface area contributed by atoms with Gasteiger partial charge in [0, 0.05) is 27.8 Å². The van der Waals surface area contributed by atoms with E-state index in [0.29, 0.717) is 0 Å². The molecular formula is C54H36N2O. The summed E-state index contributed by atoms with van der Waals surface area (Å²) in [5.41, 5.74) is 15.4. The summed E-state index contributed by atoms with van der Waals surface area (Å²) < 4.78 is 9.41. The Morgan fingerprint density at radius 1 is 0.351 bits per heavy atom. The van der Waals surface area contributed by atoms with Crippen molar-refractivity contribution in [2.24, 2.45) is 0 Å². The lowest BCUT2D eigenvalue weighted by molar-refractivity contribution is 0.673. The Balaban J connectivity index is 1.14. The first-order valence-corrected chi connectivity index (χ1v) is 19.4. The number of hydrogen-bond acceptors (Lipinski definition) is 2. The molecule has 3 nitrogen and oxygen atoms in total. The molecule has 2 aromatic heterocycles. The van der Waals surface area contributed by atoms with Gasteiger partial charge in [0.2, 0.25) is 0 Å². The first-order valence-electron chi connectivity index (χ1n) is 19.4. The third kappa shape index (κ3) is 5.60. The lowest BCUT2D eigenvalue weighted by atomic mass is 9.98. The van der Waals surface area contributed by atoms with Crippen LogP contribution in [0.25, 0.3) is 82.8 Å². The minimum absolute atomic E-state index is 0.853. The standard InChI is InChI=1S/C54H36N2O/c1-5-16-37(17-6-1)40-28-30-44(31-29-40)55(43-22-11-4-12-23-43)49-26-15-27-51-52(49)47-32-33-50-53(54(47)57-51)46-24-13-14-25-48(46)56(50)45-35-41(38-18-7-2-8-19-38)34-42(36-45)39-20-9-3-10-21-39/h1-36H. The van der Waals surface area contributed by atoms with Gasteiger partial charge >= 0.3 is 0 Å². The molecule has 0 aliphatic rings. The van der Waals surface area contributed by atoms with Crippen molar-refractivity contribution in [2.45, 2.75) is 0 Å². The van der Waals surface area contributed by atoms with Gasteiger partial charge in [0.1, 0.15) is 11.2 Å². The normalized spacial score (nSPS) is 11.5. The number of hydrogen-bond donors (Lipinski definition) is 0. The molecule has 0 saturated heterocycles. The third-order valence-electron chi connectivity index (χ3n) is 11.2. The van der Waals surface area contributed by atoms with Crippen molar-refractivity contribution in [1.29, 1.82) is 0 Å². The molecule has 268 valence electrons. The summed E-state index contributed by atoms with van der Waals surface area (Å²) >= 11 is 0. The zero-order valence-corrected chi connectivity index (χ0v) is 31.1. The fourth-order valence-corrected chi connectivity index (χ4v) is 8.55. The molecule has 2 heterocycles. The molecule has 0 N–H and O–H groups in total. The largest absolute Gasteiger partial charge is 0.455 e. The molecule has 0 bridgehead atoms. The minimum atomic E-state index is 0.853. The van der Waals surface area contributed by atoms with Crippen LogP contribution in [0.15, 0.2) is 223 Å². The van der Waals surface area contributed by atoms with Gasteiger partial charge in [-0.25, -0.2) is 0 Å². The number of anilines is 3. The number of fused-ring (bicyclic) bond motifs is 7. The average molecular weight is 729 g/mol. The summed E-state index contributed by atoms with van der Waals surface area (Å²) in [6.07, 6.45) is 0. The Labute approximate surface area is 330 Å². The zero-order valence-electron chi connectivity index (χ0n) is 31.1. The molecule has 0 fully saturated rings. The topological polar surface area (TPSA) is 21.3 Å². The van der Waals surface area contributed by atoms with Gasteiger partial charge in [0.25, 0.3) is 0 Å². The average Bonchev–Trinajstić information content (AvgIpc) is 3.84. The van der Waals surface area contributed by atoms with Crippen LogP contribution < -0.4 is 4.90 Å². The van der Waals surface area contributed by atoms with Crippen molar-refractivity contribution < 1.29 is 4.42 Å².